The Labute approximate surface area is 123 Å². The molecular weight excluding hydrogens is 246 g/mol. The van der Waals surface area contributed by atoms with E-state index in [-0.39, 0.29) is 0 Å². The molecule has 2 nitrogen and oxygen atoms in total. The predicted octanol–water partition coefficient (Wildman–Crippen LogP) is 4.48. The van der Waals surface area contributed by atoms with Crippen LogP contribution in [0.3, 0.4) is 0 Å². The third kappa shape index (κ3) is 3.99. The van der Waals surface area contributed by atoms with Gasteiger partial charge in [-0.25, -0.2) is 0 Å². The van der Waals surface area contributed by atoms with E-state index in [1.54, 1.807) is 7.11 Å². The van der Waals surface area contributed by atoms with Crippen molar-refractivity contribution in [2.24, 2.45) is 11.8 Å². The van der Waals surface area contributed by atoms with Gasteiger partial charge in [-0.2, -0.15) is 0 Å². The Balaban J connectivity index is 1.92. The van der Waals surface area contributed by atoms with Crippen LogP contribution in [0.4, 0.5) is 0 Å². The Morgan fingerprint density at radius 1 is 1.35 bits per heavy atom. The number of aryl methyl sites for hydroxylation is 1. The molecule has 1 aromatic rings. The van der Waals surface area contributed by atoms with Gasteiger partial charge < -0.3 is 10.1 Å². The lowest BCUT2D eigenvalue weighted by Crippen LogP contribution is -2.28. The molecule has 0 radical (unpaired) electrons. The fourth-order valence-electron chi connectivity index (χ4n) is 3.37. The molecule has 112 valence electrons. The van der Waals surface area contributed by atoms with Crippen LogP contribution < -0.4 is 10.1 Å². The lowest BCUT2D eigenvalue weighted by molar-refractivity contribution is 0.268. The number of hydrogen-bond acceptors (Lipinski definition) is 2. The van der Waals surface area contributed by atoms with Gasteiger partial charge in [0.25, 0.3) is 0 Å². The van der Waals surface area contributed by atoms with Crippen LogP contribution in [-0.4, -0.2) is 13.7 Å². The Morgan fingerprint density at radius 3 is 2.85 bits per heavy atom. The monoisotopic (exact) mass is 275 g/mol. The topological polar surface area (TPSA) is 21.3 Å². The smallest absolute Gasteiger partial charge is 0.123 e. The van der Waals surface area contributed by atoms with E-state index in [0.29, 0.717) is 6.04 Å². The molecule has 0 spiro atoms. The molecule has 0 amide bonds. The van der Waals surface area contributed by atoms with Gasteiger partial charge in [0.1, 0.15) is 5.75 Å². The zero-order valence-electron chi connectivity index (χ0n) is 13.4. The molecule has 1 saturated carbocycles. The quantitative estimate of drug-likeness (QED) is 0.855. The van der Waals surface area contributed by atoms with E-state index >= 15 is 0 Å². The molecule has 1 aromatic carbocycles. The van der Waals surface area contributed by atoms with Crippen LogP contribution in [0, 0.1) is 18.8 Å². The maximum Gasteiger partial charge on any atom is 0.123 e. The summed E-state index contributed by atoms with van der Waals surface area (Å²) >= 11 is 0. The highest BCUT2D eigenvalue weighted by molar-refractivity contribution is 5.39. The fraction of sp³-hybridized carbons (Fsp3) is 0.667. The number of nitrogens with one attached hydrogen (secondary N) is 1. The lowest BCUT2D eigenvalue weighted by Gasteiger charge is -2.28. The third-order valence-corrected chi connectivity index (χ3v) is 4.61. The molecule has 1 aliphatic carbocycles. The molecule has 3 unspecified atom stereocenters. The second kappa shape index (κ2) is 7.12. The highest BCUT2D eigenvalue weighted by Gasteiger charge is 2.20. The number of methoxy groups -OCH3 is 1. The van der Waals surface area contributed by atoms with Crippen molar-refractivity contribution in [3.05, 3.63) is 29.3 Å². The average molecular weight is 275 g/mol. The van der Waals surface area contributed by atoms with Crippen molar-refractivity contribution in [1.82, 2.24) is 5.32 Å². The van der Waals surface area contributed by atoms with Crippen molar-refractivity contribution in [3.63, 3.8) is 0 Å². The normalized spacial score (nSPS) is 24.4. The number of rotatable bonds is 5. The second-order valence-electron chi connectivity index (χ2n) is 6.51. The molecule has 3 atom stereocenters. The van der Waals surface area contributed by atoms with Crippen LogP contribution in [0.5, 0.6) is 5.75 Å². The lowest BCUT2D eigenvalue weighted by atomic mass is 9.82. The van der Waals surface area contributed by atoms with Crippen LogP contribution in [0.15, 0.2) is 18.2 Å². The van der Waals surface area contributed by atoms with E-state index in [1.807, 2.05) is 0 Å². The largest absolute Gasteiger partial charge is 0.496 e. The van der Waals surface area contributed by atoms with E-state index in [1.165, 1.54) is 36.8 Å². The molecule has 0 bridgehead atoms. The summed E-state index contributed by atoms with van der Waals surface area (Å²) in [5.74, 6) is 2.75. The average Bonchev–Trinajstić information content (AvgIpc) is 2.44. The number of hydrogen-bond donors (Lipinski definition) is 1. The number of ether oxygens (including phenoxy) is 1. The minimum atomic E-state index is 0.350. The molecule has 0 aromatic heterocycles. The highest BCUT2D eigenvalue weighted by Crippen LogP contribution is 2.30. The molecular formula is C18H29NO. The van der Waals surface area contributed by atoms with Gasteiger partial charge in [-0.3, -0.25) is 0 Å². The van der Waals surface area contributed by atoms with Gasteiger partial charge in [0.2, 0.25) is 0 Å². The molecule has 1 N–H and O–H groups in total. The fourth-order valence-corrected chi connectivity index (χ4v) is 3.37. The van der Waals surface area contributed by atoms with Crippen LogP contribution in [0.25, 0.3) is 0 Å². The first-order valence-electron chi connectivity index (χ1n) is 7.98. The second-order valence-corrected chi connectivity index (χ2v) is 6.51. The highest BCUT2D eigenvalue weighted by atomic mass is 16.5. The van der Waals surface area contributed by atoms with Gasteiger partial charge in [0, 0.05) is 11.6 Å². The van der Waals surface area contributed by atoms with E-state index in [2.05, 4.69) is 44.3 Å². The summed E-state index contributed by atoms with van der Waals surface area (Å²) in [6.07, 6.45) is 5.58. The first kappa shape index (κ1) is 15.4. The summed E-state index contributed by atoms with van der Waals surface area (Å²) in [5, 5.41) is 3.70. The van der Waals surface area contributed by atoms with Crippen molar-refractivity contribution in [2.45, 2.75) is 52.5 Å². The first-order chi connectivity index (χ1) is 9.60. The van der Waals surface area contributed by atoms with Crippen molar-refractivity contribution in [1.29, 1.82) is 0 Å². The van der Waals surface area contributed by atoms with Crippen molar-refractivity contribution in [3.8, 4) is 5.75 Å². The molecule has 2 heteroatoms. The Morgan fingerprint density at radius 2 is 2.15 bits per heavy atom. The molecule has 0 saturated heterocycles. The summed E-state index contributed by atoms with van der Waals surface area (Å²) in [7, 11) is 1.76. The van der Waals surface area contributed by atoms with E-state index in [4.69, 9.17) is 4.74 Å². The van der Waals surface area contributed by atoms with Gasteiger partial charge in [-0.1, -0.05) is 31.9 Å². The van der Waals surface area contributed by atoms with Crippen molar-refractivity contribution < 1.29 is 4.74 Å². The molecule has 0 aliphatic heterocycles. The zero-order chi connectivity index (χ0) is 14.5. The Bertz CT molecular complexity index is 429. The van der Waals surface area contributed by atoms with Crippen LogP contribution in [-0.2, 0) is 0 Å². The SMILES string of the molecule is COc1cc(C)ccc1C(C)NCC1CCCC(C)C1. The first-order valence-corrected chi connectivity index (χ1v) is 7.98. The van der Waals surface area contributed by atoms with Crippen LogP contribution in [0.2, 0.25) is 0 Å². The van der Waals surface area contributed by atoms with Gasteiger partial charge in [-0.05, 0) is 56.7 Å². The maximum atomic E-state index is 5.52. The summed E-state index contributed by atoms with van der Waals surface area (Å²) in [5.41, 5.74) is 2.51. The molecule has 1 fully saturated rings. The van der Waals surface area contributed by atoms with Crippen LogP contribution in [0.1, 0.15) is 56.7 Å². The van der Waals surface area contributed by atoms with Crippen molar-refractivity contribution in [2.75, 3.05) is 13.7 Å². The van der Waals surface area contributed by atoms with Gasteiger partial charge >= 0.3 is 0 Å². The minimum absolute atomic E-state index is 0.350. The van der Waals surface area contributed by atoms with Gasteiger partial charge in [0.15, 0.2) is 0 Å². The third-order valence-electron chi connectivity index (χ3n) is 4.61. The molecule has 20 heavy (non-hydrogen) atoms. The van der Waals surface area contributed by atoms with E-state index in [0.717, 1.165) is 24.1 Å². The standard InChI is InChI=1S/C18H29NO/c1-13-6-5-7-16(10-13)12-19-15(3)17-9-8-14(2)11-18(17)20-4/h8-9,11,13,15-16,19H,5-7,10,12H2,1-4H3. The minimum Gasteiger partial charge on any atom is -0.496 e. The van der Waals surface area contributed by atoms with E-state index in [9.17, 15) is 0 Å². The Kier molecular flexibility index (Phi) is 5.47. The summed E-state index contributed by atoms with van der Waals surface area (Å²) in [6, 6.07) is 6.83. The number of benzene rings is 1. The summed E-state index contributed by atoms with van der Waals surface area (Å²) in [6.45, 7) is 7.86. The van der Waals surface area contributed by atoms with Crippen LogP contribution >= 0.6 is 0 Å². The summed E-state index contributed by atoms with van der Waals surface area (Å²) in [4.78, 5) is 0. The molecule has 2 rings (SSSR count). The molecule has 1 aliphatic rings. The van der Waals surface area contributed by atoms with Crippen molar-refractivity contribution >= 4 is 0 Å². The van der Waals surface area contributed by atoms with Gasteiger partial charge in [0.05, 0.1) is 7.11 Å². The summed E-state index contributed by atoms with van der Waals surface area (Å²) < 4.78 is 5.52. The Hall–Kier alpha value is -1.02. The molecule has 0 heterocycles. The zero-order valence-corrected chi connectivity index (χ0v) is 13.4. The van der Waals surface area contributed by atoms with E-state index < -0.39 is 0 Å². The van der Waals surface area contributed by atoms with Gasteiger partial charge in [-0.15, -0.1) is 0 Å². The maximum absolute atomic E-state index is 5.52. The predicted molar refractivity (Wildman–Crippen MR) is 85.3 cm³/mol.